The van der Waals surface area contributed by atoms with Crippen molar-refractivity contribution in [3.8, 4) is 11.5 Å². The lowest BCUT2D eigenvalue weighted by atomic mass is 10.1. The van der Waals surface area contributed by atoms with Gasteiger partial charge in [0.1, 0.15) is 0 Å². The van der Waals surface area contributed by atoms with Gasteiger partial charge >= 0.3 is 5.97 Å². The standard InChI is InChI=1S/C24H30N2O7S/c1-30-13-12-26-23(28)16-34-21-7-5-4-6-18(21)24(29)33-15-22(27)25-11-10-17-8-9-19(31-2)20(14-17)32-3/h4-9,14H,10-13,15-16H2,1-3H3,(H,25,27)(H,26,28). The number of hydrogen-bond donors (Lipinski definition) is 2. The monoisotopic (exact) mass is 490 g/mol. The minimum Gasteiger partial charge on any atom is -0.493 e. The average molecular weight is 491 g/mol. The predicted octanol–water partition coefficient (Wildman–Crippen LogP) is 2.07. The number of methoxy groups -OCH3 is 3. The Morgan fingerprint density at radius 3 is 2.35 bits per heavy atom. The molecule has 0 fully saturated rings. The molecular weight excluding hydrogens is 460 g/mol. The van der Waals surface area contributed by atoms with Crippen LogP contribution in [0.15, 0.2) is 47.4 Å². The summed E-state index contributed by atoms with van der Waals surface area (Å²) in [4.78, 5) is 37.1. The van der Waals surface area contributed by atoms with Gasteiger partial charge < -0.3 is 29.6 Å². The fourth-order valence-corrected chi connectivity index (χ4v) is 3.76. The van der Waals surface area contributed by atoms with Crippen molar-refractivity contribution in [2.45, 2.75) is 11.3 Å². The molecule has 0 heterocycles. The molecule has 34 heavy (non-hydrogen) atoms. The van der Waals surface area contributed by atoms with Gasteiger partial charge in [-0.1, -0.05) is 18.2 Å². The molecule has 184 valence electrons. The molecule has 10 heteroatoms. The van der Waals surface area contributed by atoms with Crippen molar-refractivity contribution in [1.29, 1.82) is 0 Å². The van der Waals surface area contributed by atoms with E-state index < -0.39 is 18.5 Å². The van der Waals surface area contributed by atoms with Crippen molar-refractivity contribution in [2.24, 2.45) is 0 Å². The van der Waals surface area contributed by atoms with Gasteiger partial charge in [0.2, 0.25) is 5.91 Å². The zero-order valence-electron chi connectivity index (χ0n) is 19.6. The topological polar surface area (TPSA) is 112 Å². The molecule has 0 aromatic heterocycles. The van der Waals surface area contributed by atoms with Gasteiger partial charge in [-0.3, -0.25) is 9.59 Å². The molecule has 0 radical (unpaired) electrons. The Kier molecular flexibility index (Phi) is 11.8. The molecule has 0 saturated carbocycles. The van der Waals surface area contributed by atoms with E-state index in [-0.39, 0.29) is 11.7 Å². The van der Waals surface area contributed by atoms with Crippen LogP contribution in [-0.4, -0.2) is 71.2 Å². The van der Waals surface area contributed by atoms with Crippen LogP contribution >= 0.6 is 11.8 Å². The van der Waals surface area contributed by atoms with Gasteiger partial charge in [0.15, 0.2) is 18.1 Å². The lowest BCUT2D eigenvalue weighted by molar-refractivity contribution is -0.124. The van der Waals surface area contributed by atoms with E-state index in [2.05, 4.69) is 10.6 Å². The average Bonchev–Trinajstić information content (AvgIpc) is 2.86. The molecule has 0 saturated heterocycles. The lowest BCUT2D eigenvalue weighted by Gasteiger charge is -2.11. The second kappa shape index (κ2) is 14.8. The molecule has 2 amide bonds. The van der Waals surface area contributed by atoms with Gasteiger partial charge in [-0.25, -0.2) is 4.79 Å². The zero-order valence-corrected chi connectivity index (χ0v) is 20.4. The van der Waals surface area contributed by atoms with Crippen molar-refractivity contribution < 1.29 is 33.3 Å². The number of ether oxygens (including phenoxy) is 4. The van der Waals surface area contributed by atoms with Crippen LogP contribution in [0, 0.1) is 0 Å². The number of nitrogens with one attached hydrogen (secondary N) is 2. The van der Waals surface area contributed by atoms with E-state index in [1.165, 1.54) is 11.8 Å². The Balaban J connectivity index is 1.79. The zero-order chi connectivity index (χ0) is 24.8. The SMILES string of the molecule is COCCNC(=O)CSc1ccccc1C(=O)OCC(=O)NCCc1ccc(OC)c(OC)c1. The first-order valence-electron chi connectivity index (χ1n) is 10.6. The van der Waals surface area contributed by atoms with Gasteiger partial charge in [0, 0.05) is 25.1 Å². The Morgan fingerprint density at radius 1 is 0.882 bits per heavy atom. The summed E-state index contributed by atoms with van der Waals surface area (Å²) in [5, 5.41) is 5.45. The van der Waals surface area contributed by atoms with Crippen molar-refractivity contribution in [3.63, 3.8) is 0 Å². The van der Waals surface area contributed by atoms with Gasteiger partial charge in [0.25, 0.3) is 5.91 Å². The molecule has 9 nitrogen and oxygen atoms in total. The highest BCUT2D eigenvalue weighted by molar-refractivity contribution is 8.00. The molecule has 0 unspecified atom stereocenters. The number of esters is 1. The number of carbonyl (C=O) groups is 3. The number of rotatable bonds is 14. The molecule has 0 aliphatic carbocycles. The molecule has 2 aromatic rings. The Labute approximate surface area is 203 Å². The van der Waals surface area contributed by atoms with E-state index in [0.717, 1.165) is 5.56 Å². The summed E-state index contributed by atoms with van der Waals surface area (Å²) < 4.78 is 20.5. The van der Waals surface area contributed by atoms with Crippen LogP contribution in [0.25, 0.3) is 0 Å². The Hall–Kier alpha value is -3.24. The molecule has 0 bridgehead atoms. The second-order valence-corrected chi connectivity index (χ2v) is 8.01. The highest BCUT2D eigenvalue weighted by atomic mass is 32.2. The number of amides is 2. The van der Waals surface area contributed by atoms with E-state index in [1.54, 1.807) is 51.7 Å². The maximum atomic E-state index is 12.5. The highest BCUT2D eigenvalue weighted by Crippen LogP contribution is 2.27. The maximum absolute atomic E-state index is 12.5. The first-order chi connectivity index (χ1) is 16.5. The van der Waals surface area contributed by atoms with Crippen LogP contribution in [0.1, 0.15) is 15.9 Å². The van der Waals surface area contributed by atoms with Crippen LogP contribution in [0.2, 0.25) is 0 Å². The third-order valence-electron chi connectivity index (χ3n) is 4.61. The first-order valence-corrected chi connectivity index (χ1v) is 11.6. The van der Waals surface area contributed by atoms with E-state index >= 15 is 0 Å². The number of thioether (sulfide) groups is 1. The molecule has 0 spiro atoms. The molecule has 2 rings (SSSR count). The number of carbonyl (C=O) groups excluding carboxylic acids is 3. The van der Waals surface area contributed by atoms with Gasteiger partial charge in [-0.05, 0) is 36.2 Å². The van der Waals surface area contributed by atoms with E-state index in [0.29, 0.717) is 48.1 Å². The van der Waals surface area contributed by atoms with E-state index in [9.17, 15) is 14.4 Å². The molecule has 0 atom stereocenters. The van der Waals surface area contributed by atoms with Crippen LogP contribution in [0.3, 0.4) is 0 Å². The number of benzene rings is 2. The summed E-state index contributed by atoms with van der Waals surface area (Å²) in [6.07, 6.45) is 0.575. The van der Waals surface area contributed by atoms with Gasteiger partial charge in [-0.15, -0.1) is 11.8 Å². The van der Waals surface area contributed by atoms with Crippen LogP contribution in [0.4, 0.5) is 0 Å². The second-order valence-electron chi connectivity index (χ2n) is 6.99. The summed E-state index contributed by atoms with van der Waals surface area (Å²) in [6, 6.07) is 12.3. The Morgan fingerprint density at radius 2 is 1.62 bits per heavy atom. The smallest absolute Gasteiger partial charge is 0.339 e. The summed E-state index contributed by atoms with van der Waals surface area (Å²) >= 11 is 1.22. The van der Waals surface area contributed by atoms with Crippen molar-refractivity contribution in [1.82, 2.24) is 10.6 Å². The van der Waals surface area contributed by atoms with Gasteiger partial charge in [0.05, 0.1) is 32.1 Å². The van der Waals surface area contributed by atoms with Crippen LogP contribution in [-0.2, 0) is 25.5 Å². The van der Waals surface area contributed by atoms with Crippen LogP contribution in [0.5, 0.6) is 11.5 Å². The minimum absolute atomic E-state index is 0.143. The molecule has 0 aliphatic rings. The summed E-state index contributed by atoms with van der Waals surface area (Å²) in [5.74, 6) is 0.190. The first kappa shape index (κ1) is 27.0. The summed E-state index contributed by atoms with van der Waals surface area (Å²) in [6.45, 7) is 0.814. The third kappa shape index (κ3) is 8.95. The minimum atomic E-state index is -0.627. The predicted molar refractivity (Wildman–Crippen MR) is 129 cm³/mol. The lowest BCUT2D eigenvalue weighted by Crippen LogP contribution is -2.30. The largest absolute Gasteiger partial charge is 0.493 e. The van der Waals surface area contributed by atoms with E-state index in [1.807, 2.05) is 12.1 Å². The Bertz CT molecular complexity index is 968. The van der Waals surface area contributed by atoms with Gasteiger partial charge in [-0.2, -0.15) is 0 Å². The third-order valence-corrected chi connectivity index (χ3v) is 5.69. The number of hydrogen-bond acceptors (Lipinski definition) is 8. The summed E-state index contributed by atoms with van der Waals surface area (Å²) in [5.41, 5.74) is 1.27. The van der Waals surface area contributed by atoms with E-state index in [4.69, 9.17) is 18.9 Å². The normalized spacial score (nSPS) is 10.3. The fraction of sp³-hybridized carbons (Fsp3) is 0.375. The molecule has 2 N–H and O–H groups in total. The van der Waals surface area contributed by atoms with Crippen molar-refractivity contribution >= 4 is 29.5 Å². The maximum Gasteiger partial charge on any atom is 0.339 e. The highest BCUT2D eigenvalue weighted by Gasteiger charge is 2.15. The molecule has 2 aromatic carbocycles. The summed E-state index contributed by atoms with van der Waals surface area (Å²) in [7, 11) is 4.69. The fourth-order valence-electron chi connectivity index (χ4n) is 2.89. The molecular formula is C24H30N2O7S. The van der Waals surface area contributed by atoms with Crippen molar-refractivity contribution in [3.05, 3.63) is 53.6 Å². The quantitative estimate of drug-likeness (QED) is 0.235. The van der Waals surface area contributed by atoms with Crippen molar-refractivity contribution in [2.75, 3.05) is 53.4 Å². The molecule has 0 aliphatic heterocycles. The van der Waals surface area contributed by atoms with Crippen LogP contribution < -0.4 is 20.1 Å².